The summed E-state index contributed by atoms with van der Waals surface area (Å²) in [5.41, 5.74) is 1.92. The highest BCUT2D eigenvalue weighted by molar-refractivity contribution is 5.34. The number of benzene rings is 1. The first-order valence-corrected chi connectivity index (χ1v) is 9.13. The second-order valence-electron chi connectivity index (χ2n) is 6.93. The number of nitrogens with one attached hydrogen (secondary N) is 1. The van der Waals surface area contributed by atoms with Gasteiger partial charge >= 0.3 is 0 Å². The lowest BCUT2D eigenvalue weighted by Crippen LogP contribution is -2.36. The third-order valence-corrected chi connectivity index (χ3v) is 5.12. The topological polar surface area (TPSA) is 30.5 Å². The second kappa shape index (κ2) is 9.29. The molecule has 130 valence electrons. The molecule has 1 aliphatic rings. The molecule has 1 N–H and O–H groups in total. The first kappa shape index (κ1) is 18.3. The average Bonchev–Trinajstić information content (AvgIpc) is 2.52. The van der Waals surface area contributed by atoms with Gasteiger partial charge in [-0.15, -0.1) is 0 Å². The maximum absolute atomic E-state index is 5.57. The largest absolute Gasteiger partial charge is 0.494 e. The van der Waals surface area contributed by atoms with Crippen molar-refractivity contribution in [2.75, 3.05) is 33.4 Å². The number of hydrogen-bond acceptors (Lipinski definition) is 3. The van der Waals surface area contributed by atoms with E-state index in [2.05, 4.69) is 36.5 Å². The smallest absolute Gasteiger partial charge is 0.119 e. The van der Waals surface area contributed by atoms with Crippen LogP contribution >= 0.6 is 0 Å². The van der Waals surface area contributed by atoms with Crippen LogP contribution in [0.3, 0.4) is 0 Å². The van der Waals surface area contributed by atoms with Crippen LogP contribution in [0.2, 0.25) is 0 Å². The molecule has 3 nitrogen and oxygen atoms in total. The first-order chi connectivity index (χ1) is 11.2. The monoisotopic (exact) mass is 319 g/mol. The highest BCUT2D eigenvalue weighted by atomic mass is 16.5. The van der Waals surface area contributed by atoms with E-state index < -0.39 is 0 Å². The predicted octanol–water partition coefficient (Wildman–Crippen LogP) is 4.16. The minimum absolute atomic E-state index is 0.413. The molecule has 1 saturated carbocycles. The van der Waals surface area contributed by atoms with Crippen LogP contribution in [0.25, 0.3) is 0 Å². The average molecular weight is 319 g/mol. The van der Waals surface area contributed by atoms with E-state index in [1.54, 1.807) is 7.11 Å². The van der Waals surface area contributed by atoms with Crippen LogP contribution in [0.5, 0.6) is 5.75 Å². The van der Waals surface area contributed by atoms with Crippen molar-refractivity contribution >= 4 is 0 Å². The first-order valence-electron chi connectivity index (χ1n) is 9.13. The van der Waals surface area contributed by atoms with E-state index in [9.17, 15) is 0 Å². The Morgan fingerprint density at radius 1 is 1.17 bits per heavy atom. The van der Waals surface area contributed by atoms with Crippen LogP contribution in [0.4, 0.5) is 0 Å². The Morgan fingerprint density at radius 2 is 1.91 bits per heavy atom. The fourth-order valence-corrected chi connectivity index (χ4v) is 3.70. The zero-order valence-electron chi connectivity index (χ0n) is 15.1. The number of hydrogen-bond donors (Lipinski definition) is 1. The maximum Gasteiger partial charge on any atom is 0.119 e. The Morgan fingerprint density at radius 3 is 2.48 bits per heavy atom. The number of ether oxygens (including phenoxy) is 2. The van der Waals surface area contributed by atoms with Crippen molar-refractivity contribution in [3.63, 3.8) is 0 Å². The molecule has 1 atom stereocenters. The molecule has 2 rings (SSSR count). The molecule has 0 aromatic heterocycles. The van der Waals surface area contributed by atoms with Gasteiger partial charge in [-0.25, -0.2) is 0 Å². The molecule has 0 radical (unpaired) electrons. The van der Waals surface area contributed by atoms with Gasteiger partial charge in [0.15, 0.2) is 0 Å². The molecule has 0 saturated heterocycles. The van der Waals surface area contributed by atoms with Crippen molar-refractivity contribution in [1.29, 1.82) is 0 Å². The van der Waals surface area contributed by atoms with Gasteiger partial charge in [-0.05, 0) is 68.2 Å². The molecule has 0 aliphatic heterocycles. The summed E-state index contributed by atoms with van der Waals surface area (Å²) >= 11 is 0. The van der Waals surface area contributed by atoms with E-state index in [4.69, 9.17) is 9.47 Å². The van der Waals surface area contributed by atoms with Gasteiger partial charge in [0.05, 0.1) is 13.2 Å². The van der Waals surface area contributed by atoms with Gasteiger partial charge in [0, 0.05) is 13.7 Å². The van der Waals surface area contributed by atoms with Gasteiger partial charge in [-0.3, -0.25) is 0 Å². The molecule has 0 spiro atoms. The number of methoxy groups -OCH3 is 1. The van der Waals surface area contributed by atoms with Crippen molar-refractivity contribution in [2.24, 2.45) is 5.92 Å². The van der Waals surface area contributed by atoms with Gasteiger partial charge in [0.2, 0.25) is 0 Å². The van der Waals surface area contributed by atoms with Crippen molar-refractivity contribution < 1.29 is 9.47 Å². The molecule has 23 heavy (non-hydrogen) atoms. The summed E-state index contributed by atoms with van der Waals surface area (Å²) in [6.07, 6.45) is 6.58. The standard InChI is InChI=1S/C20H33NO2/c1-4-23-19-8-6-18(7-9-19)20(11-5-12-20)16-17(2)10-13-21-14-15-22-3/h6-9,17,21H,4-5,10-16H2,1-3H3. The molecule has 0 bridgehead atoms. The second-order valence-corrected chi connectivity index (χ2v) is 6.93. The Hall–Kier alpha value is -1.06. The molecule has 1 aliphatic carbocycles. The Bertz CT molecular complexity index is 439. The summed E-state index contributed by atoms with van der Waals surface area (Å²) in [6, 6.07) is 8.84. The van der Waals surface area contributed by atoms with Crippen LogP contribution < -0.4 is 10.1 Å². The quantitative estimate of drug-likeness (QED) is 0.621. The summed E-state index contributed by atoms with van der Waals surface area (Å²) in [4.78, 5) is 0. The van der Waals surface area contributed by atoms with Crippen molar-refractivity contribution in [1.82, 2.24) is 5.32 Å². The lowest BCUT2D eigenvalue weighted by molar-refractivity contribution is 0.185. The zero-order chi connectivity index (χ0) is 16.5. The van der Waals surface area contributed by atoms with Gasteiger partial charge in [-0.2, -0.15) is 0 Å². The highest BCUT2D eigenvalue weighted by Crippen LogP contribution is 2.48. The Labute approximate surface area is 141 Å². The van der Waals surface area contributed by atoms with Crippen LogP contribution in [0.1, 0.15) is 51.5 Å². The van der Waals surface area contributed by atoms with Crippen molar-refractivity contribution in [3.8, 4) is 5.75 Å². The van der Waals surface area contributed by atoms with E-state index in [0.29, 0.717) is 5.41 Å². The van der Waals surface area contributed by atoms with E-state index in [-0.39, 0.29) is 0 Å². The summed E-state index contributed by atoms with van der Waals surface area (Å²) in [6.45, 7) is 8.00. The van der Waals surface area contributed by atoms with Crippen LogP contribution in [0, 0.1) is 5.92 Å². The summed E-state index contributed by atoms with van der Waals surface area (Å²) in [7, 11) is 1.75. The highest BCUT2D eigenvalue weighted by Gasteiger charge is 2.39. The molecule has 0 amide bonds. The Balaban J connectivity index is 1.85. The fraction of sp³-hybridized carbons (Fsp3) is 0.700. The fourth-order valence-electron chi connectivity index (χ4n) is 3.70. The van der Waals surface area contributed by atoms with Crippen LogP contribution in [0.15, 0.2) is 24.3 Å². The molecular weight excluding hydrogens is 286 g/mol. The minimum Gasteiger partial charge on any atom is -0.494 e. The van der Waals surface area contributed by atoms with Crippen molar-refractivity contribution in [3.05, 3.63) is 29.8 Å². The molecule has 3 heteroatoms. The predicted molar refractivity (Wildman–Crippen MR) is 96.3 cm³/mol. The SMILES string of the molecule is CCOc1ccc(C2(CC(C)CCNCCOC)CCC2)cc1. The lowest BCUT2D eigenvalue weighted by Gasteiger charge is -2.44. The molecular formula is C20H33NO2. The molecule has 0 heterocycles. The lowest BCUT2D eigenvalue weighted by atomic mass is 9.60. The normalized spacial score (nSPS) is 17.5. The molecule has 1 aromatic rings. The van der Waals surface area contributed by atoms with E-state index >= 15 is 0 Å². The third-order valence-electron chi connectivity index (χ3n) is 5.12. The van der Waals surface area contributed by atoms with E-state index in [1.807, 2.05) is 6.92 Å². The van der Waals surface area contributed by atoms with Crippen LogP contribution in [-0.2, 0) is 10.2 Å². The molecule has 1 fully saturated rings. The van der Waals surface area contributed by atoms with Crippen molar-refractivity contribution in [2.45, 2.75) is 51.4 Å². The van der Waals surface area contributed by atoms with Crippen LogP contribution in [-0.4, -0.2) is 33.4 Å². The van der Waals surface area contributed by atoms with Gasteiger partial charge in [0.25, 0.3) is 0 Å². The van der Waals surface area contributed by atoms with Gasteiger partial charge in [0.1, 0.15) is 5.75 Å². The Kier molecular flexibility index (Phi) is 7.38. The summed E-state index contributed by atoms with van der Waals surface area (Å²) in [5, 5.41) is 3.46. The zero-order valence-corrected chi connectivity index (χ0v) is 15.1. The van der Waals surface area contributed by atoms with Gasteiger partial charge < -0.3 is 14.8 Å². The van der Waals surface area contributed by atoms with E-state index in [0.717, 1.165) is 38.0 Å². The molecule has 1 aromatic carbocycles. The third kappa shape index (κ3) is 5.22. The summed E-state index contributed by atoms with van der Waals surface area (Å²) < 4.78 is 10.6. The van der Waals surface area contributed by atoms with E-state index in [1.165, 1.54) is 37.7 Å². The summed E-state index contributed by atoms with van der Waals surface area (Å²) in [5.74, 6) is 1.73. The minimum atomic E-state index is 0.413. The van der Waals surface area contributed by atoms with Gasteiger partial charge in [-0.1, -0.05) is 25.5 Å². The maximum atomic E-state index is 5.57. The number of rotatable bonds is 11. The molecule has 1 unspecified atom stereocenters.